The third-order valence-corrected chi connectivity index (χ3v) is 11.7. The van der Waals surface area contributed by atoms with Crippen LogP contribution >= 0.6 is 0 Å². The Kier molecular flexibility index (Phi) is 7.40. The monoisotopic (exact) mass is 513 g/mol. The lowest BCUT2D eigenvalue weighted by atomic mass is 9.43. The lowest BCUT2D eigenvalue weighted by Crippen LogP contribution is -2.62. The molecule has 5 rings (SSSR count). The number of benzene rings is 1. The molecule has 0 aliphatic heterocycles. The summed E-state index contributed by atoms with van der Waals surface area (Å²) in [7, 11) is 1.60. The van der Waals surface area contributed by atoms with E-state index in [-0.39, 0.29) is 34.9 Å². The van der Waals surface area contributed by atoms with Crippen LogP contribution < -0.4 is 10.1 Å². The van der Waals surface area contributed by atoms with Gasteiger partial charge in [-0.3, -0.25) is 4.79 Å². The first-order valence-electron chi connectivity index (χ1n) is 14.6. The summed E-state index contributed by atoms with van der Waals surface area (Å²) in [6, 6.07) is 7.46. The van der Waals surface area contributed by atoms with Crippen LogP contribution in [-0.4, -0.2) is 46.6 Å². The van der Waals surface area contributed by atoms with E-state index in [9.17, 15) is 20.1 Å². The van der Waals surface area contributed by atoms with Crippen LogP contribution in [-0.2, 0) is 4.79 Å². The van der Waals surface area contributed by atoms with Gasteiger partial charge in [-0.1, -0.05) is 32.9 Å². The molecule has 4 aliphatic rings. The second kappa shape index (κ2) is 10.2. The number of hydrogen-bond donors (Lipinski definition) is 4. The molecular formula is C31H47NO5. The lowest BCUT2D eigenvalue weighted by Gasteiger charge is -2.63. The van der Waals surface area contributed by atoms with E-state index in [1.165, 1.54) is 0 Å². The molecule has 0 unspecified atom stereocenters. The standard InChI is InChI=1S/C31H47NO5/c1-18(9-12-28(36)32-24-7-5-6-8-26(24)37-4)21-10-11-22-29-23(17-27(35)31(21,22)3)30(2)14-13-20(33)15-19(30)16-25(29)34/h5-8,18-23,25,27,29,33-35H,9-17H2,1-4H3,(H,32,36)/t18-,19+,20-,21-,22+,23+,25-,27+,29+,30+,31-/m1/s1. The van der Waals surface area contributed by atoms with Crippen molar-refractivity contribution in [2.24, 2.45) is 46.3 Å². The van der Waals surface area contributed by atoms with E-state index in [2.05, 4.69) is 26.1 Å². The third-order valence-electron chi connectivity index (χ3n) is 11.7. The normalized spacial score (nSPS) is 43.8. The quantitative estimate of drug-likeness (QED) is 0.429. The van der Waals surface area contributed by atoms with Crippen LogP contribution in [0.1, 0.15) is 78.6 Å². The van der Waals surface area contributed by atoms with Crippen molar-refractivity contribution in [2.45, 2.75) is 96.9 Å². The van der Waals surface area contributed by atoms with Gasteiger partial charge in [-0.05, 0) is 110 Å². The molecule has 1 amide bonds. The van der Waals surface area contributed by atoms with Crippen molar-refractivity contribution in [3.8, 4) is 5.75 Å². The number of para-hydroxylation sites is 2. The van der Waals surface area contributed by atoms with Crippen molar-refractivity contribution in [1.82, 2.24) is 0 Å². The lowest BCUT2D eigenvalue weighted by molar-refractivity contribution is -0.207. The molecule has 1 aromatic rings. The maximum absolute atomic E-state index is 12.8. The topological polar surface area (TPSA) is 99.0 Å². The zero-order chi connectivity index (χ0) is 26.5. The molecule has 0 aromatic heterocycles. The van der Waals surface area contributed by atoms with Crippen LogP contribution in [0.2, 0.25) is 0 Å². The average Bonchev–Trinajstić information content (AvgIpc) is 3.23. The van der Waals surface area contributed by atoms with Crippen molar-refractivity contribution in [3.05, 3.63) is 24.3 Å². The van der Waals surface area contributed by atoms with E-state index < -0.39 is 6.10 Å². The Hall–Kier alpha value is -1.63. The highest BCUT2D eigenvalue weighted by Gasteiger charge is 2.65. The predicted octanol–water partition coefficient (Wildman–Crippen LogP) is 5.01. The van der Waals surface area contributed by atoms with Gasteiger partial charge < -0.3 is 25.4 Å². The van der Waals surface area contributed by atoms with E-state index in [1.807, 2.05) is 24.3 Å². The van der Waals surface area contributed by atoms with Gasteiger partial charge in [0, 0.05) is 6.42 Å². The molecule has 0 spiro atoms. The van der Waals surface area contributed by atoms with Gasteiger partial charge in [0.2, 0.25) is 5.91 Å². The largest absolute Gasteiger partial charge is 0.495 e. The zero-order valence-corrected chi connectivity index (χ0v) is 23.0. The van der Waals surface area contributed by atoms with Crippen molar-refractivity contribution in [1.29, 1.82) is 0 Å². The van der Waals surface area contributed by atoms with E-state index in [1.54, 1.807) is 7.11 Å². The van der Waals surface area contributed by atoms with E-state index >= 15 is 0 Å². The van der Waals surface area contributed by atoms with E-state index in [0.29, 0.717) is 47.4 Å². The number of carbonyl (C=O) groups excluding carboxylic acids is 1. The Morgan fingerprint density at radius 1 is 1.08 bits per heavy atom. The molecule has 4 saturated carbocycles. The van der Waals surface area contributed by atoms with Crippen LogP contribution in [0.15, 0.2) is 24.3 Å². The number of aliphatic hydroxyl groups is 3. The Morgan fingerprint density at radius 2 is 1.84 bits per heavy atom. The number of carbonyl (C=O) groups is 1. The number of ether oxygens (including phenoxy) is 1. The van der Waals surface area contributed by atoms with Gasteiger partial charge in [0.15, 0.2) is 0 Å². The van der Waals surface area contributed by atoms with Gasteiger partial charge >= 0.3 is 0 Å². The van der Waals surface area contributed by atoms with Crippen LogP contribution in [0.3, 0.4) is 0 Å². The summed E-state index contributed by atoms with van der Waals surface area (Å²) in [4.78, 5) is 12.8. The minimum absolute atomic E-state index is 0.0125. The van der Waals surface area contributed by atoms with Gasteiger partial charge in [-0.2, -0.15) is 0 Å². The minimum Gasteiger partial charge on any atom is -0.495 e. The van der Waals surface area contributed by atoms with E-state index in [4.69, 9.17) is 4.74 Å². The molecule has 0 radical (unpaired) electrons. The van der Waals surface area contributed by atoms with Gasteiger partial charge in [0.05, 0.1) is 31.1 Å². The fourth-order valence-corrected chi connectivity index (χ4v) is 9.65. The van der Waals surface area contributed by atoms with Crippen LogP contribution in [0.25, 0.3) is 0 Å². The van der Waals surface area contributed by atoms with Crippen molar-refractivity contribution in [3.63, 3.8) is 0 Å². The minimum atomic E-state index is -0.397. The summed E-state index contributed by atoms with van der Waals surface area (Å²) in [5, 5.41) is 36.5. The smallest absolute Gasteiger partial charge is 0.224 e. The van der Waals surface area contributed by atoms with Crippen molar-refractivity contribution >= 4 is 11.6 Å². The fraction of sp³-hybridized carbons (Fsp3) is 0.774. The zero-order valence-electron chi connectivity index (χ0n) is 23.0. The fourth-order valence-electron chi connectivity index (χ4n) is 9.65. The number of methoxy groups -OCH3 is 1. The number of amides is 1. The number of hydrogen-bond acceptors (Lipinski definition) is 5. The predicted molar refractivity (Wildman–Crippen MR) is 144 cm³/mol. The van der Waals surface area contributed by atoms with Crippen LogP contribution in [0.5, 0.6) is 5.75 Å². The highest BCUT2D eigenvalue weighted by atomic mass is 16.5. The Balaban J connectivity index is 1.28. The molecule has 1 aromatic carbocycles. The first-order valence-corrected chi connectivity index (χ1v) is 14.6. The summed E-state index contributed by atoms with van der Waals surface area (Å²) in [6.45, 7) is 6.88. The number of anilines is 1. The number of rotatable bonds is 6. The number of fused-ring (bicyclic) bond motifs is 5. The maximum atomic E-state index is 12.8. The van der Waals surface area contributed by atoms with Gasteiger partial charge in [0.25, 0.3) is 0 Å². The summed E-state index contributed by atoms with van der Waals surface area (Å²) >= 11 is 0. The van der Waals surface area contributed by atoms with Crippen LogP contribution in [0, 0.1) is 46.3 Å². The molecule has 0 bridgehead atoms. The molecular weight excluding hydrogens is 466 g/mol. The van der Waals surface area contributed by atoms with Crippen molar-refractivity contribution in [2.75, 3.05) is 12.4 Å². The van der Waals surface area contributed by atoms with Crippen molar-refractivity contribution < 1.29 is 24.9 Å². The molecule has 37 heavy (non-hydrogen) atoms. The molecule has 11 atom stereocenters. The Bertz CT molecular complexity index is 984. The first-order chi connectivity index (χ1) is 17.6. The maximum Gasteiger partial charge on any atom is 0.224 e. The van der Waals surface area contributed by atoms with E-state index in [0.717, 1.165) is 51.4 Å². The van der Waals surface area contributed by atoms with Crippen LogP contribution in [0.4, 0.5) is 5.69 Å². The highest BCUT2D eigenvalue weighted by Crippen LogP contribution is 2.68. The molecule has 4 fully saturated rings. The Labute approximate surface area is 222 Å². The molecule has 0 saturated heterocycles. The summed E-state index contributed by atoms with van der Waals surface area (Å²) in [5.74, 6) is 2.44. The second-order valence-electron chi connectivity index (χ2n) is 13.3. The highest BCUT2D eigenvalue weighted by molar-refractivity contribution is 5.92. The molecule has 6 heteroatoms. The molecule has 6 nitrogen and oxygen atoms in total. The van der Waals surface area contributed by atoms with Gasteiger partial charge in [0.1, 0.15) is 5.75 Å². The average molecular weight is 514 g/mol. The number of aliphatic hydroxyl groups excluding tert-OH is 3. The third kappa shape index (κ3) is 4.51. The Morgan fingerprint density at radius 3 is 2.59 bits per heavy atom. The summed E-state index contributed by atoms with van der Waals surface area (Å²) < 4.78 is 5.36. The summed E-state index contributed by atoms with van der Waals surface area (Å²) in [5.41, 5.74) is 0.543. The SMILES string of the molecule is COc1ccccc1NC(=O)CC[C@@H](C)[C@H]1CC[C@H]2[C@@H]3[C@H](O)C[C@@H]4C[C@H](O)CC[C@]4(C)[C@H]3C[C@H](O)[C@]12C. The molecule has 0 heterocycles. The molecule has 4 N–H and O–H groups in total. The number of nitrogens with one attached hydrogen (secondary N) is 1. The second-order valence-corrected chi connectivity index (χ2v) is 13.3. The molecule has 4 aliphatic carbocycles. The van der Waals surface area contributed by atoms with Gasteiger partial charge in [-0.25, -0.2) is 0 Å². The molecule has 206 valence electrons. The van der Waals surface area contributed by atoms with Gasteiger partial charge in [-0.15, -0.1) is 0 Å². The first kappa shape index (κ1) is 27.0. The summed E-state index contributed by atoms with van der Waals surface area (Å²) in [6.07, 6.45) is 6.42.